The van der Waals surface area contributed by atoms with E-state index in [1.54, 1.807) is 6.92 Å². The van der Waals surface area contributed by atoms with Crippen LogP contribution in [0.2, 0.25) is 0 Å². The topological polar surface area (TPSA) is 82.1 Å². The largest absolute Gasteiger partial charge is 0.482 e. The molecule has 0 radical (unpaired) electrons. The number of carbonyl (C=O) groups excluding carboxylic acids is 2. The van der Waals surface area contributed by atoms with Crippen LogP contribution in [0.4, 0.5) is 0 Å². The average molecular weight is 593 g/mol. The average Bonchev–Trinajstić information content (AvgIpc) is 3.74. The quantitative estimate of drug-likeness (QED) is 0.226. The molecule has 0 spiro atoms. The number of thiophene rings is 1. The van der Waals surface area contributed by atoms with Crippen molar-refractivity contribution in [1.82, 2.24) is 0 Å². The van der Waals surface area contributed by atoms with Crippen molar-refractivity contribution in [2.45, 2.75) is 88.6 Å². The molecule has 42 heavy (non-hydrogen) atoms. The van der Waals surface area contributed by atoms with E-state index >= 15 is 0 Å². The summed E-state index contributed by atoms with van der Waals surface area (Å²) in [5, 5.41) is 15.9. The predicted octanol–water partition coefficient (Wildman–Crippen LogP) is 6.10. The van der Waals surface area contributed by atoms with Crippen molar-refractivity contribution in [3.8, 4) is 5.75 Å². The highest BCUT2D eigenvalue weighted by Crippen LogP contribution is 2.46. The van der Waals surface area contributed by atoms with Gasteiger partial charge in [-0.1, -0.05) is 37.1 Å². The number of quaternary nitrogens is 1. The lowest BCUT2D eigenvalue weighted by molar-refractivity contribution is -0.961. The Morgan fingerprint density at radius 2 is 1.71 bits per heavy atom. The molecule has 1 aromatic heterocycles. The summed E-state index contributed by atoms with van der Waals surface area (Å²) < 4.78 is 17.7. The summed E-state index contributed by atoms with van der Waals surface area (Å²) in [6, 6.07) is 17.1. The SMILES string of the molecule is CCOC(=O)COc1ccc2cc(C[N+]3(C)[C@@H]4CC[C@H]3CC(OC(=O)C(O)(c3cccs3)C3CCCC3)C4)ccc2c1. The summed E-state index contributed by atoms with van der Waals surface area (Å²) >= 11 is 1.45. The van der Waals surface area contributed by atoms with E-state index in [-0.39, 0.29) is 24.6 Å². The van der Waals surface area contributed by atoms with Gasteiger partial charge in [-0.15, -0.1) is 11.3 Å². The Kier molecular flexibility index (Phi) is 8.31. The summed E-state index contributed by atoms with van der Waals surface area (Å²) in [4.78, 5) is 26.0. The van der Waals surface area contributed by atoms with Crippen LogP contribution in [0, 0.1) is 5.92 Å². The van der Waals surface area contributed by atoms with Crippen molar-refractivity contribution in [2.75, 3.05) is 20.3 Å². The molecule has 7 nitrogen and oxygen atoms in total. The van der Waals surface area contributed by atoms with Crippen molar-refractivity contribution in [2.24, 2.45) is 5.92 Å². The summed E-state index contributed by atoms with van der Waals surface area (Å²) in [5.41, 5.74) is -0.250. The first-order valence-electron chi connectivity index (χ1n) is 15.4. The zero-order chi connectivity index (χ0) is 29.3. The van der Waals surface area contributed by atoms with Crippen molar-refractivity contribution in [1.29, 1.82) is 0 Å². The van der Waals surface area contributed by atoms with Gasteiger partial charge in [-0.05, 0) is 60.2 Å². The number of esters is 2. The smallest absolute Gasteiger partial charge is 0.344 e. The lowest BCUT2D eigenvalue weighted by Crippen LogP contribution is -2.58. The lowest BCUT2D eigenvalue weighted by Gasteiger charge is -2.47. The molecule has 2 aromatic carbocycles. The van der Waals surface area contributed by atoms with Crippen LogP contribution in [-0.4, -0.2) is 60.0 Å². The molecular formula is C34H42NO6S+. The molecule has 1 saturated carbocycles. The Bertz CT molecular complexity index is 1400. The fourth-order valence-electron chi connectivity index (χ4n) is 7.80. The first kappa shape index (κ1) is 29.1. The van der Waals surface area contributed by atoms with Gasteiger partial charge in [0.2, 0.25) is 0 Å². The summed E-state index contributed by atoms with van der Waals surface area (Å²) in [6.45, 7) is 2.95. The molecule has 3 heterocycles. The molecule has 2 saturated heterocycles. The van der Waals surface area contributed by atoms with Gasteiger partial charge in [0.15, 0.2) is 12.2 Å². The maximum Gasteiger partial charge on any atom is 0.344 e. The summed E-state index contributed by atoms with van der Waals surface area (Å²) in [5.74, 6) is -0.239. The van der Waals surface area contributed by atoms with Gasteiger partial charge >= 0.3 is 11.9 Å². The van der Waals surface area contributed by atoms with E-state index in [1.807, 2.05) is 35.7 Å². The van der Waals surface area contributed by atoms with Crippen LogP contribution in [0.1, 0.15) is 68.7 Å². The number of hydrogen-bond acceptors (Lipinski definition) is 7. The number of carbonyl (C=O) groups is 2. The third-order valence-electron chi connectivity index (χ3n) is 10.1. The fraction of sp³-hybridized carbons (Fsp3) is 0.529. The monoisotopic (exact) mass is 592 g/mol. The van der Waals surface area contributed by atoms with E-state index in [4.69, 9.17) is 14.2 Å². The van der Waals surface area contributed by atoms with Gasteiger partial charge in [0.25, 0.3) is 0 Å². The van der Waals surface area contributed by atoms with Gasteiger partial charge in [-0.3, -0.25) is 0 Å². The first-order valence-corrected chi connectivity index (χ1v) is 16.3. The van der Waals surface area contributed by atoms with Gasteiger partial charge in [0.05, 0.1) is 25.7 Å². The number of hydrogen-bond donors (Lipinski definition) is 1. The van der Waals surface area contributed by atoms with Crippen molar-refractivity contribution < 1.29 is 33.4 Å². The number of piperidine rings is 1. The van der Waals surface area contributed by atoms with Gasteiger partial charge in [0.1, 0.15) is 18.4 Å². The molecule has 8 heteroatoms. The Labute approximate surface area is 252 Å². The lowest BCUT2D eigenvalue weighted by atomic mass is 9.84. The molecule has 3 unspecified atom stereocenters. The summed E-state index contributed by atoms with van der Waals surface area (Å²) in [7, 11) is 2.36. The molecule has 1 aliphatic carbocycles. The standard InChI is InChI=1S/C34H42NO6S/c1-3-39-32(36)22-40-29-15-12-24-17-23(10-11-25(24)18-29)21-35(2)27-13-14-28(35)20-30(19-27)41-33(37)34(38,26-7-4-5-8-26)31-9-6-16-42-31/h6,9-12,15-18,26-28,30,38H,3-5,7-8,13-14,19-22H2,1-2H3/q+1/t27-,28+,30?,34?,35?. The molecule has 2 aliphatic heterocycles. The molecule has 0 amide bonds. The third kappa shape index (κ3) is 5.56. The minimum absolute atomic E-state index is 0.0712. The second-order valence-electron chi connectivity index (χ2n) is 12.6. The van der Waals surface area contributed by atoms with Crippen LogP contribution in [0.25, 0.3) is 10.8 Å². The second-order valence-corrected chi connectivity index (χ2v) is 13.5. The Hall–Kier alpha value is -2.94. The van der Waals surface area contributed by atoms with Crippen molar-refractivity contribution >= 4 is 34.0 Å². The van der Waals surface area contributed by atoms with Gasteiger partial charge in [0, 0.05) is 42.0 Å². The van der Waals surface area contributed by atoms with Gasteiger partial charge in [-0.25, -0.2) is 9.59 Å². The summed E-state index contributed by atoms with van der Waals surface area (Å²) in [6.07, 6.45) is 7.59. The molecular weight excluding hydrogens is 550 g/mol. The van der Waals surface area contributed by atoms with E-state index in [9.17, 15) is 14.7 Å². The molecule has 1 N–H and O–H groups in total. The normalized spacial score (nSPS) is 27.1. The molecule has 5 atom stereocenters. The predicted molar refractivity (Wildman–Crippen MR) is 162 cm³/mol. The molecule has 3 fully saturated rings. The second kappa shape index (κ2) is 12.0. The van der Waals surface area contributed by atoms with Gasteiger partial charge in [-0.2, -0.15) is 0 Å². The van der Waals surface area contributed by atoms with Crippen LogP contribution in [-0.2, 0) is 31.2 Å². The molecule has 6 rings (SSSR count). The number of fused-ring (bicyclic) bond motifs is 3. The van der Waals surface area contributed by atoms with Crippen LogP contribution in [0.5, 0.6) is 5.75 Å². The fourth-order valence-corrected chi connectivity index (χ4v) is 8.69. The van der Waals surface area contributed by atoms with Crippen molar-refractivity contribution in [3.05, 3.63) is 64.4 Å². The van der Waals surface area contributed by atoms with Crippen molar-refractivity contribution in [3.63, 3.8) is 0 Å². The Morgan fingerprint density at radius 1 is 1.00 bits per heavy atom. The van der Waals surface area contributed by atoms with Crippen LogP contribution in [0.3, 0.4) is 0 Å². The number of rotatable bonds is 10. The minimum atomic E-state index is -1.53. The highest BCUT2D eigenvalue weighted by Gasteiger charge is 2.54. The van der Waals surface area contributed by atoms with E-state index in [0.717, 1.165) is 73.2 Å². The van der Waals surface area contributed by atoms with E-state index in [0.29, 0.717) is 29.3 Å². The molecule has 3 aliphatic rings. The highest BCUT2D eigenvalue weighted by atomic mass is 32.1. The van der Waals surface area contributed by atoms with Gasteiger partial charge < -0.3 is 23.8 Å². The Balaban J connectivity index is 1.12. The maximum absolute atomic E-state index is 13.7. The number of benzene rings is 2. The number of aliphatic hydroxyl groups is 1. The molecule has 224 valence electrons. The minimum Gasteiger partial charge on any atom is -0.482 e. The van der Waals surface area contributed by atoms with Crippen LogP contribution in [0.15, 0.2) is 53.9 Å². The molecule has 3 aromatic rings. The highest BCUT2D eigenvalue weighted by molar-refractivity contribution is 7.10. The zero-order valence-corrected chi connectivity index (χ0v) is 25.4. The first-order chi connectivity index (χ1) is 20.3. The maximum atomic E-state index is 13.7. The van der Waals surface area contributed by atoms with Crippen LogP contribution < -0.4 is 4.74 Å². The third-order valence-corrected chi connectivity index (χ3v) is 11.1. The number of ether oxygens (including phenoxy) is 3. The zero-order valence-electron chi connectivity index (χ0n) is 24.6. The van der Waals surface area contributed by atoms with E-state index in [2.05, 4.69) is 25.2 Å². The van der Waals surface area contributed by atoms with Crippen LogP contribution >= 0.6 is 11.3 Å². The molecule has 2 bridgehead atoms. The van der Waals surface area contributed by atoms with E-state index < -0.39 is 11.6 Å². The Morgan fingerprint density at radius 3 is 2.40 bits per heavy atom. The van der Waals surface area contributed by atoms with E-state index in [1.165, 1.54) is 16.9 Å². The number of nitrogens with zero attached hydrogens (tertiary/aromatic N) is 1.